The molecule has 1 rings (SSSR count). The van der Waals surface area contributed by atoms with Gasteiger partial charge in [-0.1, -0.05) is 13.8 Å². The average Bonchev–Trinajstić information content (AvgIpc) is 2.18. The number of piperazine rings is 1. The molecule has 0 saturated carbocycles. The second-order valence-corrected chi connectivity index (χ2v) is 4.79. The van der Waals surface area contributed by atoms with Gasteiger partial charge in [-0.25, -0.2) is 0 Å². The van der Waals surface area contributed by atoms with Crippen molar-refractivity contribution in [1.82, 2.24) is 9.80 Å². The summed E-state index contributed by atoms with van der Waals surface area (Å²) in [6, 6.07) is 0. The minimum absolute atomic E-state index is 0.0109. The summed E-state index contributed by atoms with van der Waals surface area (Å²) < 4.78 is 36.4. The second-order valence-electron chi connectivity index (χ2n) is 4.79. The molecule has 0 aromatic carbocycles. The Morgan fingerprint density at radius 1 is 1.12 bits per heavy atom. The van der Waals surface area contributed by atoms with Gasteiger partial charge in [0.2, 0.25) is 0 Å². The van der Waals surface area contributed by atoms with Crippen LogP contribution < -0.4 is 0 Å². The summed E-state index contributed by atoms with van der Waals surface area (Å²) in [6.45, 7) is 5.01. The number of carbonyl (C=O) groups is 1. The van der Waals surface area contributed by atoms with Crippen molar-refractivity contribution in [3.05, 3.63) is 0 Å². The topological polar surface area (TPSA) is 23.6 Å². The molecule has 1 heterocycles. The summed E-state index contributed by atoms with van der Waals surface area (Å²) in [7, 11) is 0. The summed E-state index contributed by atoms with van der Waals surface area (Å²) >= 11 is 0. The van der Waals surface area contributed by atoms with Crippen molar-refractivity contribution >= 4 is 5.78 Å². The van der Waals surface area contributed by atoms with Gasteiger partial charge < -0.3 is 0 Å². The fourth-order valence-corrected chi connectivity index (χ4v) is 1.76. The highest BCUT2D eigenvalue weighted by atomic mass is 19.4. The Bertz CT molecular complexity index is 258. The zero-order chi connectivity index (χ0) is 13.1. The zero-order valence-corrected chi connectivity index (χ0v) is 10.3. The van der Waals surface area contributed by atoms with Crippen LogP contribution in [-0.2, 0) is 4.79 Å². The van der Waals surface area contributed by atoms with Gasteiger partial charge in [-0.3, -0.25) is 14.6 Å². The Morgan fingerprint density at radius 3 is 2.00 bits per heavy atom. The molecule has 0 unspecified atom stereocenters. The Hall–Kier alpha value is -0.620. The van der Waals surface area contributed by atoms with Crippen LogP contribution in [0, 0.1) is 5.92 Å². The minimum Gasteiger partial charge on any atom is -0.298 e. The third-order valence-corrected chi connectivity index (χ3v) is 2.89. The highest BCUT2D eigenvalue weighted by Crippen LogP contribution is 2.17. The molecule has 1 aliphatic rings. The molecule has 0 amide bonds. The van der Waals surface area contributed by atoms with Crippen LogP contribution >= 0.6 is 0 Å². The molecule has 0 atom stereocenters. The standard InChI is InChI=1S/C11H19F3N2O/c1-9(2)10(17)7-15-3-5-16(6-4-15)8-11(12,13)14/h9H,3-8H2,1-2H3. The number of carbonyl (C=O) groups excluding carboxylic acids is 1. The van der Waals surface area contributed by atoms with Crippen LogP contribution in [0.15, 0.2) is 0 Å². The van der Waals surface area contributed by atoms with Gasteiger partial charge in [0.05, 0.1) is 13.1 Å². The molecule has 6 heteroatoms. The number of alkyl halides is 3. The van der Waals surface area contributed by atoms with E-state index in [9.17, 15) is 18.0 Å². The van der Waals surface area contributed by atoms with Crippen LogP contribution in [0.2, 0.25) is 0 Å². The third-order valence-electron chi connectivity index (χ3n) is 2.89. The smallest absolute Gasteiger partial charge is 0.298 e. The van der Waals surface area contributed by atoms with Crippen molar-refractivity contribution < 1.29 is 18.0 Å². The molecule has 1 saturated heterocycles. The van der Waals surface area contributed by atoms with E-state index in [-0.39, 0.29) is 11.7 Å². The van der Waals surface area contributed by atoms with Crippen molar-refractivity contribution in [2.75, 3.05) is 39.3 Å². The van der Waals surface area contributed by atoms with E-state index in [0.29, 0.717) is 32.7 Å². The molecule has 0 aromatic heterocycles. The average molecular weight is 252 g/mol. The zero-order valence-electron chi connectivity index (χ0n) is 10.3. The lowest BCUT2D eigenvalue weighted by Gasteiger charge is -2.34. The summed E-state index contributed by atoms with van der Waals surface area (Å²) in [6.07, 6.45) is -4.13. The molecule has 0 bridgehead atoms. The van der Waals surface area contributed by atoms with Crippen molar-refractivity contribution in [3.8, 4) is 0 Å². The molecular weight excluding hydrogens is 233 g/mol. The van der Waals surface area contributed by atoms with Gasteiger partial charge in [-0.15, -0.1) is 0 Å². The number of rotatable bonds is 4. The molecular formula is C11H19F3N2O. The van der Waals surface area contributed by atoms with E-state index < -0.39 is 12.7 Å². The van der Waals surface area contributed by atoms with Crippen LogP contribution in [0.5, 0.6) is 0 Å². The number of nitrogens with zero attached hydrogens (tertiary/aromatic N) is 2. The van der Waals surface area contributed by atoms with Crippen molar-refractivity contribution in [3.63, 3.8) is 0 Å². The Labute approximate surface area is 99.6 Å². The van der Waals surface area contributed by atoms with Gasteiger partial charge in [0, 0.05) is 32.1 Å². The summed E-state index contributed by atoms with van der Waals surface area (Å²) in [5.74, 6) is 0.137. The largest absolute Gasteiger partial charge is 0.401 e. The van der Waals surface area contributed by atoms with Gasteiger partial charge in [-0.05, 0) is 0 Å². The summed E-state index contributed by atoms with van der Waals surface area (Å²) in [5, 5.41) is 0. The van der Waals surface area contributed by atoms with E-state index in [0.717, 1.165) is 0 Å². The van der Waals surface area contributed by atoms with Crippen molar-refractivity contribution in [2.45, 2.75) is 20.0 Å². The molecule has 1 fully saturated rings. The SMILES string of the molecule is CC(C)C(=O)CN1CCN(CC(F)(F)F)CC1. The van der Waals surface area contributed by atoms with Crippen molar-refractivity contribution in [2.24, 2.45) is 5.92 Å². The van der Waals surface area contributed by atoms with Gasteiger partial charge in [0.1, 0.15) is 5.78 Å². The van der Waals surface area contributed by atoms with Gasteiger partial charge in [0.25, 0.3) is 0 Å². The highest BCUT2D eigenvalue weighted by molar-refractivity contribution is 5.82. The minimum atomic E-state index is -4.13. The highest BCUT2D eigenvalue weighted by Gasteiger charge is 2.32. The lowest BCUT2D eigenvalue weighted by atomic mass is 10.1. The van der Waals surface area contributed by atoms with E-state index in [1.165, 1.54) is 4.90 Å². The fourth-order valence-electron chi connectivity index (χ4n) is 1.76. The molecule has 1 aliphatic heterocycles. The van der Waals surface area contributed by atoms with E-state index in [1.54, 1.807) is 0 Å². The lowest BCUT2D eigenvalue weighted by molar-refractivity contribution is -0.150. The molecule has 0 N–H and O–H groups in total. The first-order chi connectivity index (χ1) is 7.78. The van der Waals surface area contributed by atoms with E-state index in [1.807, 2.05) is 18.7 Å². The normalized spacial score (nSPS) is 19.9. The van der Waals surface area contributed by atoms with Crippen LogP contribution in [0.4, 0.5) is 13.2 Å². The number of hydrogen-bond donors (Lipinski definition) is 0. The molecule has 0 aliphatic carbocycles. The van der Waals surface area contributed by atoms with E-state index in [2.05, 4.69) is 0 Å². The van der Waals surface area contributed by atoms with Crippen LogP contribution in [0.3, 0.4) is 0 Å². The van der Waals surface area contributed by atoms with Crippen LogP contribution in [0.25, 0.3) is 0 Å². The van der Waals surface area contributed by atoms with Crippen LogP contribution in [-0.4, -0.2) is 61.0 Å². The molecule has 100 valence electrons. The summed E-state index contributed by atoms with van der Waals surface area (Å²) in [5.41, 5.74) is 0. The predicted molar refractivity (Wildman–Crippen MR) is 58.8 cm³/mol. The monoisotopic (exact) mass is 252 g/mol. The number of ketones is 1. The molecule has 3 nitrogen and oxygen atoms in total. The first kappa shape index (κ1) is 14.4. The Morgan fingerprint density at radius 2 is 1.59 bits per heavy atom. The second kappa shape index (κ2) is 5.82. The maximum Gasteiger partial charge on any atom is 0.401 e. The van der Waals surface area contributed by atoms with E-state index in [4.69, 9.17) is 0 Å². The van der Waals surface area contributed by atoms with Crippen molar-refractivity contribution in [1.29, 1.82) is 0 Å². The van der Waals surface area contributed by atoms with Gasteiger partial charge >= 0.3 is 6.18 Å². The maximum atomic E-state index is 12.1. The third kappa shape index (κ3) is 5.50. The van der Waals surface area contributed by atoms with Gasteiger partial charge in [0.15, 0.2) is 0 Å². The van der Waals surface area contributed by atoms with Gasteiger partial charge in [-0.2, -0.15) is 13.2 Å². The number of Topliss-reactive ketones (excluding diaryl/α,β-unsaturated/α-hetero) is 1. The fraction of sp³-hybridized carbons (Fsp3) is 0.909. The molecule has 0 aromatic rings. The molecule has 17 heavy (non-hydrogen) atoms. The molecule has 0 spiro atoms. The Balaban J connectivity index is 2.29. The number of hydrogen-bond acceptors (Lipinski definition) is 3. The first-order valence-corrected chi connectivity index (χ1v) is 5.82. The molecule has 0 radical (unpaired) electrons. The maximum absolute atomic E-state index is 12.1. The predicted octanol–water partition coefficient (Wildman–Crippen LogP) is 1.39. The number of halogens is 3. The van der Waals surface area contributed by atoms with Crippen LogP contribution in [0.1, 0.15) is 13.8 Å². The summed E-state index contributed by atoms with van der Waals surface area (Å²) in [4.78, 5) is 14.8. The lowest BCUT2D eigenvalue weighted by Crippen LogP contribution is -2.50. The first-order valence-electron chi connectivity index (χ1n) is 5.82. The van der Waals surface area contributed by atoms with E-state index >= 15 is 0 Å². The Kier molecular flexibility index (Phi) is 4.94. The quantitative estimate of drug-likeness (QED) is 0.755.